The van der Waals surface area contributed by atoms with E-state index < -0.39 is 5.76 Å². The number of rotatable bonds is 3. The summed E-state index contributed by atoms with van der Waals surface area (Å²) in [6.07, 6.45) is 0. The lowest BCUT2D eigenvalue weighted by Crippen LogP contribution is -1.96. The highest BCUT2D eigenvalue weighted by molar-refractivity contribution is 5.21. The predicted molar refractivity (Wildman–Crippen MR) is 47.9 cm³/mol. The maximum Gasteiger partial charge on any atom is 0.434 e. The van der Waals surface area contributed by atoms with Crippen molar-refractivity contribution in [2.75, 3.05) is 0 Å². The van der Waals surface area contributed by atoms with Gasteiger partial charge >= 0.3 is 5.76 Å². The molecule has 0 aliphatic rings. The molecule has 15 heavy (non-hydrogen) atoms. The number of nitrogens with zero attached hydrogens (tertiary/aromatic N) is 1. The first kappa shape index (κ1) is 9.45. The minimum Gasteiger partial charge on any atom is -0.484 e. The number of H-pyrrole nitrogens is 1. The van der Waals surface area contributed by atoms with Crippen LogP contribution in [0.2, 0.25) is 0 Å². The number of aromatic amines is 1. The van der Waals surface area contributed by atoms with Crippen molar-refractivity contribution in [3.8, 4) is 5.75 Å². The molecule has 0 atom stereocenters. The molecule has 2 rings (SSSR count). The molecule has 6 heteroatoms. The maximum absolute atomic E-state index is 12.5. The van der Waals surface area contributed by atoms with Crippen molar-refractivity contribution in [1.29, 1.82) is 0 Å². The Kier molecular flexibility index (Phi) is 2.49. The Balaban J connectivity index is 1.99. The molecular weight excluding hydrogens is 203 g/mol. The van der Waals surface area contributed by atoms with Crippen molar-refractivity contribution in [2.45, 2.75) is 6.61 Å². The van der Waals surface area contributed by atoms with E-state index in [0.717, 1.165) is 0 Å². The van der Waals surface area contributed by atoms with Crippen LogP contribution < -0.4 is 10.5 Å². The summed E-state index contributed by atoms with van der Waals surface area (Å²) in [5, 5.41) is 5.65. The van der Waals surface area contributed by atoms with E-state index in [9.17, 15) is 9.18 Å². The van der Waals surface area contributed by atoms with E-state index in [1.54, 1.807) is 0 Å². The topological polar surface area (TPSA) is 68.1 Å². The van der Waals surface area contributed by atoms with E-state index >= 15 is 0 Å². The molecule has 0 amide bonds. The van der Waals surface area contributed by atoms with Crippen LogP contribution in [0.4, 0.5) is 4.39 Å². The third-order valence-electron chi connectivity index (χ3n) is 1.66. The van der Waals surface area contributed by atoms with Crippen LogP contribution in [-0.4, -0.2) is 10.2 Å². The van der Waals surface area contributed by atoms with Crippen LogP contribution in [0.25, 0.3) is 0 Å². The fraction of sp³-hybridized carbons (Fsp3) is 0.111. The smallest absolute Gasteiger partial charge is 0.434 e. The highest BCUT2D eigenvalue weighted by atomic mass is 19.1. The van der Waals surface area contributed by atoms with Crippen molar-refractivity contribution in [1.82, 2.24) is 10.2 Å². The number of hydrogen-bond donors (Lipinski definition) is 1. The second-order valence-corrected chi connectivity index (χ2v) is 2.75. The number of ether oxygens (including phenoxy) is 1. The molecule has 0 aliphatic heterocycles. The quantitative estimate of drug-likeness (QED) is 0.823. The van der Waals surface area contributed by atoms with E-state index in [-0.39, 0.29) is 18.3 Å². The first-order chi connectivity index (χ1) is 7.24. The van der Waals surface area contributed by atoms with E-state index in [1.165, 1.54) is 24.3 Å². The van der Waals surface area contributed by atoms with Gasteiger partial charge in [0, 0.05) is 0 Å². The average Bonchev–Trinajstić information content (AvgIpc) is 2.64. The van der Waals surface area contributed by atoms with Gasteiger partial charge in [-0.3, -0.25) is 0 Å². The third-order valence-corrected chi connectivity index (χ3v) is 1.66. The van der Waals surface area contributed by atoms with Crippen molar-refractivity contribution < 1.29 is 13.5 Å². The first-order valence-corrected chi connectivity index (χ1v) is 4.17. The summed E-state index contributed by atoms with van der Waals surface area (Å²) in [7, 11) is 0. The van der Waals surface area contributed by atoms with Crippen molar-refractivity contribution >= 4 is 0 Å². The molecule has 0 unspecified atom stereocenters. The summed E-state index contributed by atoms with van der Waals surface area (Å²) in [5.74, 6) is -0.354. The summed E-state index contributed by atoms with van der Waals surface area (Å²) in [5.41, 5.74) is 0. The molecular formula is C9H7FN2O3. The Labute approximate surface area is 83.5 Å². The molecule has 0 fully saturated rings. The zero-order chi connectivity index (χ0) is 10.7. The highest BCUT2D eigenvalue weighted by Crippen LogP contribution is 2.12. The van der Waals surface area contributed by atoms with Crippen LogP contribution in [0.5, 0.6) is 5.75 Å². The largest absolute Gasteiger partial charge is 0.484 e. The Hall–Kier alpha value is -2.11. The van der Waals surface area contributed by atoms with Gasteiger partial charge in [-0.05, 0) is 24.3 Å². The number of aromatic nitrogens is 2. The maximum atomic E-state index is 12.5. The second-order valence-electron chi connectivity index (χ2n) is 2.75. The SMILES string of the molecule is O=c1[nH]nc(COc2ccc(F)cc2)o1. The Bertz CT molecular complexity index is 489. The van der Waals surface area contributed by atoms with Gasteiger partial charge in [-0.25, -0.2) is 14.3 Å². The molecule has 2 aromatic rings. The van der Waals surface area contributed by atoms with Gasteiger partial charge in [-0.1, -0.05) is 0 Å². The van der Waals surface area contributed by atoms with Crippen molar-refractivity contribution in [3.63, 3.8) is 0 Å². The fourth-order valence-corrected chi connectivity index (χ4v) is 0.998. The number of benzene rings is 1. The summed E-state index contributed by atoms with van der Waals surface area (Å²) in [6, 6.07) is 5.49. The third kappa shape index (κ3) is 2.43. The molecule has 0 saturated carbocycles. The molecule has 78 valence electrons. The Morgan fingerprint density at radius 1 is 1.40 bits per heavy atom. The number of nitrogens with one attached hydrogen (secondary N) is 1. The minimum absolute atomic E-state index is 0.0182. The molecule has 0 bridgehead atoms. The lowest BCUT2D eigenvalue weighted by Gasteiger charge is -2.01. The van der Waals surface area contributed by atoms with Gasteiger partial charge in [0.15, 0.2) is 6.61 Å². The van der Waals surface area contributed by atoms with E-state index in [0.29, 0.717) is 5.75 Å². The van der Waals surface area contributed by atoms with Gasteiger partial charge < -0.3 is 9.15 Å². The van der Waals surface area contributed by atoms with Crippen LogP contribution in [-0.2, 0) is 6.61 Å². The summed E-state index contributed by atoms with van der Waals surface area (Å²) in [6.45, 7) is 0.0182. The molecule has 0 spiro atoms. The van der Waals surface area contributed by atoms with Crippen LogP contribution in [0, 0.1) is 5.82 Å². The van der Waals surface area contributed by atoms with Crippen LogP contribution in [0.15, 0.2) is 33.5 Å². The normalized spacial score (nSPS) is 10.2. The highest BCUT2D eigenvalue weighted by Gasteiger charge is 2.02. The monoisotopic (exact) mass is 210 g/mol. The van der Waals surface area contributed by atoms with E-state index in [4.69, 9.17) is 4.74 Å². The zero-order valence-electron chi connectivity index (χ0n) is 7.57. The number of hydrogen-bond acceptors (Lipinski definition) is 4. The lowest BCUT2D eigenvalue weighted by atomic mass is 10.3. The van der Waals surface area contributed by atoms with Crippen LogP contribution in [0.1, 0.15) is 5.89 Å². The van der Waals surface area contributed by atoms with Crippen molar-refractivity contribution in [3.05, 3.63) is 46.5 Å². The summed E-state index contributed by atoms with van der Waals surface area (Å²) >= 11 is 0. The standard InChI is InChI=1S/C9H7FN2O3/c10-6-1-3-7(4-2-6)14-5-8-11-12-9(13)15-8/h1-4H,5H2,(H,12,13). The molecule has 1 heterocycles. The molecule has 1 aromatic carbocycles. The minimum atomic E-state index is -0.632. The first-order valence-electron chi connectivity index (χ1n) is 4.17. The van der Waals surface area contributed by atoms with E-state index in [2.05, 4.69) is 14.6 Å². The second kappa shape index (κ2) is 3.95. The van der Waals surface area contributed by atoms with Gasteiger partial charge in [0.2, 0.25) is 0 Å². The average molecular weight is 210 g/mol. The molecule has 1 N–H and O–H groups in total. The fourth-order valence-electron chi connectivity index (χ4n) is 0.998. The zero-order valence-corrected chi connectivity index (χ0v) is 7.57. The molecule has 0 radical (unpaired) electrons. The lowest BCUT2D eigenvalue weighted by molar-refractivity contribution is 0.259. The van der Waals surface area contributed by atoms with Gasteiger partial charge in [0.25, 0.3) is 5.89 Å². The van der Waals surface area contributed by atoms with Gasteiger partial charge in [-0.2, -0.15) is 0 Å². The number of halogens is 1. The predicted octanol–water partition coefficient (Wildman–Crippen LogP) is 1.08. The van der Waals surface area contributed by atoms with Crippen molar-refractivity contribution in [2.24, 2.45) is 0 Å². The Morgan fingerprint density at radius 3 is 2.73 bits per heavy atom. The van der Waals surface area contributed by atoms with E-state index in [1.807, 2.05) is 0 Å². The summed E-state index contributed by atoms with van der Waals surface area (Å²) in [4.78, 5) is 10.6. The van der Waals surface area contributed by atoms with Gasteiger partial charge in [-0.15, -0.1) is 5.10 Å². The Morgan fingerprint density at radius 2 is 2.13 bits per heavy atom. The molecule has 0 aliphatic carbocycles. The van der Waals surface area contributed by atoms with Gasteiger partial charge in [0.1, 0.15) is 11.6 Å². The van der Waals surface area contributed by atoms with Crippen LogP contribution in [0.3, 0.4) is 0 Å². The molecule has 0 saturated heterocycles. The van der Waals surface area contributed by atoms with Gasteiger partial charge in [0.05, 0.1) is 0 Å². The summed E-state index contributed by atoms with van der Waals surface area (Å²) < 4.78 is 22.3. The molecule has 1 aromatic heterocycles. The molecule has 5 nitrogen and oxygen atoms in total. The van der Waals surface area contributed by atoms with Crippen LogP contribution >= 0.6 is 0 Å².